The van der Waals surface area contributed by atoms with Gasteiger partial charge in [0.1, 0.15) is 5.69 Å². The Morgan fingerprint density at radius 2 is 2.29 bits per heavy atom. The van der Waals surface area contributed by atoms with Crippen molar-refractivity contribution in [3.63, 3.8) is 0 Å². The Hall–Kier alpha value is -1.62. The molecule has 0 N–H and O–H groups in total. The third-order valence-corrected chi connectivity index (χ3v) is 2.75. The molecule has 17 heavy (non-hydrogen) atoms. The Morgan fingerprint density at radius 3 is 2.88 bits per heavy atom. The highest BCUT2D eigenvalue weighted by Gasteiger charge is 2.21. The van der Waals surface area contributed by atoms with Crippen LogP contribution in [0.2, 0.25) is 5.02 Å². The second-order valence-corrected chi connectivity index (χ2v) is 4.16. The molecular weight excluding hydrogens is 240 g/mol. The molecule has 0 saturated heterocycles. The van der Waals surface area contributed by atoms with E-state index in [4.69, 9.17) is 11.6 Å². The molecule has 0 aliphatic carbocycles. The number of carbonyl (C=O) groups excluding carboxylic acids is 1. The maximum atomic E-state index is 12.3. The number of carbonyl (C=O) groups is 1. The molecule has 0 aliphatic heterocycles. The average Bonchev–Trinajstić information content (AvgIpc) is 2.86. The van der Waals surface area contributed by atoms with Crippen LogP contribution in [0.25, 0.3) is 0 Å². The van der Waals surface area contributed by atoms with Crippen molar-refractivity contribution in [3.8, 4) is 0 Å². The highest BCUT2D eigenvalue weighted by Crippen LogP contribution is 2.18. The van der Waals surface area contributed by atoms with Gasteiger partial charge in [-0.3, -0.25) is 9.48 Å². The quantitative estimate of drug-likeness (QED) is 0.781. The molecule has 0 radical (unpaired) electrons. The summed E-state index contributed by atoms with van der Waals surface area (Å²) in [7, 11) is 1.77. The van der Waals surface area contributed by atoms with Crippen molar-refractivity contribution >= 4 is 17.4 Å². The van der Waals surface area contributed by atoms with E-state index in [1.165, 1.54) is 6.20 Å². The van der Waals surface area contributed by atoms with Gasteiger partial charge in [-0.1, -0.05) is 18.5 Å². The van der Waals surface area contributed by atoms with Gasteiger partial charge in [0.25, 0.3) is 0 Å². The summed E-state index contributed by atoms with van der Waals surface area (Å²) in [5, 5.41) is 4.46. The van der Waals surface area contributed by atoms with Gasteiger partial charge in [0.05, 0.1) is 11.2 Å². The largest absolute Gasteiger partial charge is 0.331 e. The van der Waals surface area contributed by atoms with Gasteiger partial charge < -0.3 is 4.57 Å². The van der Waals surface area contributed by atoms with Gasteiger partial charge in [0.2, 0.25) is 5.78 Å². The van der Waals surface area contributed by atoms with Gasteiger partial charge in [-0.2, -0.15) is 5.10 Å². The molecule has 0 atom stereocenters. The number of ketones is 1. The molecule has 2 heterocycles. The molecule has 0 fully saturated rings. The second-order valence-electron chi connectivity index (χ2n) is 3.76. The standard InChI is InChI=1S/C11H13ClN4O/c1-3-5-16-9(8(12)7-14-16)10(17)11-13-4-6-15(11)2/h4,6-7H,3,5H2,1-2H3. The number of hydrogen-bond acceptors (Lipinski definition) is 3. The summed E-state index contributed by atoms with van der Waals surface area (Å²) in [6, 6.07) is 0. The summed E-state index contributed by atoms with van der Waals surface area (Å²) >= 11 is 6.00. The number of hydrogen-bond donors (Lipinski definition) is 0. The molecule has 0 amide bonds. The Labute approximate surface area is 104 Å². The molecule has 6 heteroatoms. The molecule has 0 bridgehead atoms. The Bertz CT molecular complexity index is 543. The van der Waals surface area contributed by atoms with E-state index >= 15 is 0 Å². The average molecular weight is 253 g/mol. The lowest BCUT2D eigenvalue weighted by molar-refractivity contribution is 0.101. The van der Waals surface area contributed by atoms with Crippen LogP contribution in [0.1, 0.15) is 29.7 Å². The zero-order chi connectivity index (χ0) is 12.4. The Kier molecular flexibility index (Phi) is 3.28. The first-order chi connectivity index (χ1) is 8.15. The predicted octanol–water partition coefficient (Wildman–Crippen LogP) is 1.91. The molecule has 2 aromatic rings. The maximum Gasteiger partial charge on any atom is 0.247 e. The first kappa shape index (κ1) is 11.9. The normalized spacial score (nSPS) is 10.8. The monoisotopic (exact) mass is 252 g/mol. The fourth-order valence-electron chi connectivity index (χ4n) is 1.66. The van der Waals surface area contributed by atoms with E-state index in [-0.39, 0.29) is 5.78 Å². The number of rotatable bonds is 4. The summed E-state index contributed by atoms with van der Waals surface area (Å²) in [4.78, 5) is 16.3. The first-order valence-electron chi connectivity index (χ1n) is 5.38. The van der Waals surface area contributed by atoms with Gasteiger partial charge in [-0.25, -0.2) is 4.98 Å². The van der Waals surface area contributed by atoms with Crippen LogP contribution in [-0.4, -0.2) is 25.1 Å². The van der Waals surface area contributed by atoms with Crippen molar-refractivity contribution < 1.29 is 4.79 Å². The van der Waals surface area contributed by atoms with E-state index in [9.17, 15) is 4.79 Å². The third-order valence-electron chi connectivity index (χ3n) is 2.47. The minimum absolute atomic E-state index is 0.201. The summed E-state index contributed by atoms with van der Waals surface area (Å²) < 4.78 is 3.29. The van der Waals surface area contributed by atoms with Crippen molar-refractivity contribution in [2.45, 2.75) is 19.9 Å². The topological polar surface area (TPSA) is 52.7 Å². The van der Waals surface area contributed by atoms with Crippen molar-refractivity contribution in [1.82, 2.24) is 19.3 Å². The van der Waals surface area contributed by atoms with E-state index in [2.05, 4.69) is 10.1 Å². The lowest BCUT2D eigenvalue weighted by Crippen LogP contribution is -2.15. The van der Waals surface area contributed by atoms with E-state index in [1.54, 1.807) is 28.7 Å². The molecule has 2 aromatic heterocycles. The van der Waals surface area contributed by atoms with Crippen LogP contribution in [0.5, 0.6) is 0 Å². The molecular formula is C11H13ClN4O. The fraction of sp³-hybridized carbons (Fsp3) is 0.364. The molecule has 0 unspecified atom stereocenters. The summed E-state index contributed by atoms with van der Waals surface area (Å²) in [5.74, 6) is 0.165. The van der Waals surface area contributed by atoms with Gasteiger partial charge in [0.15, 0.2) is 5.82 Å². The molecule has 90 valence electrons. The van der Waals surface area contributed by atoms with Crippen molar-refractivity contribution in [1.29, 1.82) is 0 Å². The fourth-order valence-corrected chi connectivity index (χ4v) is 1.89. The number of aromatic nitrogens is 4. The summed E-state index contributed by atoms with van der Waals surface area (Å²) in [5.41, 5.74) is 0.405. The zero-order valence-corrected chi connectivity index (χ0v) is 10.5. The molecule has 0 saturated carbocycles. The number of imidazole rings is 1. The van der Waals surface area contributed by atoms with Gasteiger partial charge in [-0.05, 0) is 6.42 Å². The van der Waals surface area contributed by atoms with E-state index in [0.717, 1.165) is 6.42 Å². The van der Waals surface area contributed by atoms with Crippen LogP contribution in [-0.2, 0) is 13.6 Å². The van der Waals surface area contributed by atoms with Crippen molar-refractivity contribution in [3.05, 3.63) is 35.1 Å². The molecule has 0 aliphatic rings. The van der Waals surface area contributed by atoms with Crippen LogP contribution in [0.15, 0.2) is 18.6 Å². The zero-order valence-electron chi connectivity index (χ0n) is 9.72. The van der Waals surface area contributed by atoms with E-state index in [1.807, 2.05) is 6.92 Å². The number of nitrogens with zero attached hydrogens (tertiary/aromatic N) is 4. The summed E-state index contributed by atoms with van der Waals surface area (Å²) in [6.07, 6.45) is 5.69. The number of halogens is 1. The smallest absolute Gasteiger partial charge is 0.247 e. The molecule has 0 spiro atoms. The van der Waals surface area contributed by atoms with Gasteiger partial charge >= 0.3 is 0 Å². The maximum absolute atomic E-state index is 12.3. The minimum Gasteiger partial charge on any atom is -0.331 e. The lowest BCUT2D eigenvalue weighted by Gasteiger charge is -2.05. The molecule has 0 aromatic carbocycles. The van der Waals surface area contributed by atoms with Crippen LogP contribution in [0, 0.1) is 0 Å². The second kappa shape index (κ2) is 4.71. The number of aryl methyl sites for hydroxylation is 2. The van der Waals surface area contributed by atoms with Crippen LogP contribution in [0.4, 0.5) is 0 Å². The summed E-state index contributed by atoms with van der Waals surface area (Å²) in [6.45, 7) is 2.68. The first-order valence-corrected chi connectivity index (χ1v) is 5.76. The SMILES string of the molecule is CCCn1ncc(Cl)c1C(=O)c1nccn1C. The lowest BCUT2D eigenvalue weighted by atomic mass is 10.2. The van der Waals surface area contributed by atoms with Gasteiger partial charge in [0, 0.05) is 26.0 Å². The van der Waals surface area contributed by atoms with Crippen LogP contribution in [0.3, 0.4) is 0 Å². The molecule has 5 nitrogen and oxygen atoms in total. The van der Waals surface area contributed by atoms with Crippen LogP contribution >= 0.6 is 11.6 Å². The minimum atomic E-state index is -0.201. The third kappa shape index (κ3) is 2.10. The van der Waals surface area contributed by atoms with Crippen LogP contribution < -0.4 is 0 Å². The predicted molar refractivity (Wildman–Crippen MR) is 64.2 cm³/mol. The van der Waals surface area contributed by atoms with Crippen molar-refractivity contribution in [2.24, 2.45) is 7.05 Å². The Balaban J connectivity index is 2.43. The highest BCUT2D eigenvalue weighted by atomic mass is 35.5. The van der Waals surface area contributed by atoms with E-state index < -0.39 is 0 Å². The molecule has 2 rings (SSSR count). The van der Waals surface area contributed by atoms with Gasteiger partial charge in [-0.15, -0.1) is 0 Å². The van der Waals surface area contributed by atoms with E-state index in [0.29, 0.717) is 23.1 Å². The Morgan fingerprint density at radius 1 is 1.53 bits per heavy atom. The van der Waals surface area contributed by atoms with Crippen molar-refractivity contribution in [2.75, 3.05) is 0 Å². The highest BCUT2D eigenvalue weighted by molar-refractivity contribution is 6.34.